The van der Waals surface area contributed by atoms with Crippen molar-refractivity contribution >= 4 is 0 Å². The largest absolute Gasteiger partial charge is 0.485 e. The summed E-state index contributed by atoms with van der Waals surface area (Å²) in [5.74, 6) is 1.03. The van der Waals surface area contributed by atoms with Crippen LogP contribution in [0.2, 0.25) is 0 Å². The summed E-state index contributed by atoms with van der Waals surface area (Å²) in [7, 11) is 0. The van der Waals surface area contributed by atoms with Gasteiger partial charge in [0.15, 0.2) is 0 Å². The van der Waals surface area contributed by atoms with Gasteiger partial charge < -0.3 is 4.74 Å². The quantitative estimate of drug-likeness (QED) is 0.601. The van der Waals surface area contributed by atoms with Crippen molar-refractivity contribution in [2.75, 3.05) is 0 Å². The van der Waals surface area contributed by atoms with Crippen LogP contribution in [0.25, 0.3) is 0 Å². The van der Waals surface area contributed by atoms with Gasteiger partial charge in [0.1, 0.15) is 11.9 Å². The number of ether oxygens (including phenoxy) is 1. The average Bonchev–Trinajstić information content (AvgIpc) is 2.26. The maximum Gasteiger partial charge on any atom is 0.127 e. The van der Waals surface area contributed by atoms with Crippen LogP contribution in [0.3, 0.4) is 0 Å². The molecular weight excluding hydrogens is 172 g/mol. The van der Waals surface area contributed by atoms with Crippen LogP contribution in [0.1, 0.15) is 5.56 Å². The van der Waals surface area contributed by atoms with Gasteiger partial charge in [0.2, 0.25) is 0 Å². The van der Waals surface area contributed by atoms with Crippen molar-refractivity contribution in [2.45, 2.75) is 12.5 Å². The van der Waals surface area contributed by atoms with Crippen molar-refractivity contribution in [3.8, 4) is 5.75 Å². The number of allylic oxidation sites excluding steroid dienone is 2. The molecule has 0 spiro atoms. The lowest BCUT2D eigenvalue weighted by Gasteiger charge is -2.29. The van der Waals surface area contributed by atoms with E-state index in [4.69, 9.17) is 4.74 Å². The van der Waals surface area contributed by atoms with Crippen molar-refractivity contribution in [2.24, 2.45) is 0 Å². The van der Waals surface area contributed by atoms with E-state index in [2.05, 4.69) is 30.7 Å². The molecule has 0 N–H and O–H groups in total. The summed E-state index contributed by atoms with van der Waals surface area (Å²) in [6.45, 7) is 0. The van der Waals surface area contributed by atoms with Crippen LogP contribution in [0.5, 0.6) is 5.75 Å². The molecule has 1 atom stereocenters. The van der Waals surface area contributed by atoms with Gasteiger partial charge >= 0.3 is 0 Å². The summed E-state index contributed by atoms with van der Waals surface area (Å²) in [6.07, 6.45) is 9.55. The first-order valence-corrected chi connectivity index (χ1v) is 4.88. The zero-order valence-corrected chi connectivity index (χ0v) is 7.81. The Balaban J connectivity index is 2.03. The highest BCUT2D eigenvalue weighted by Gasteiger charge is 2.24. The maximum atomic E-state index is 5.86. The third-order valence-corrected chi connectivity index (χ3v) is 2.69. The van der Waals surface area contributed by atoms with Crippen molar-refractivity contribution < 1.29 is 4.74 Å². The Labute approximate surface area is 83.7 Å². The molecule has 1 aromatic carbocycles. The molecule has 0 amide bonds. The van der Waals surface area contributed by atoms with Crippen molar-refractivity contribution in [1.29, 1.82) is 0 Å². The van der Waals surface area contributed by atoms with E-state index in [1.807, 2.05) is 18.2 Å². The second-order valence-electron chi connectivity index (χ2n) is 3.64. The zero-order valence-electron chi connectivity index (χ0n) is 7.81. The molecule has 1 heterocycles. The van der Waals surface area contributed by atoms with Crippen LogP contribution >= 0.6 is 0 Å². The predicted octanol–water partition coefficient (Wildman–Crippen LogP) is 2.69. The van der Waals surface area contributed by atoms with Crippen LogP contribution in [-0.4, -0.2) is 6.10 Å². The van der Waals surface area contributed by atoms with Gasteiger partial charge in [-0.05, 0) is 17.2 Å². The molecular formula is C13H11O. The van der Waals surface area contributed by atoms with Crippen molar-refractivity contribution in [3.05, 3.63) is 60.1 Å². The topological polar surface area (TPSA) is 9.23 Å². The molecule has 2 aliphatic rings. The number of benzene rings is 1. The van der Waals surface area contributed by atoms with E-state index < -0.39 is 0 Å². The summed E-state index contributed by atoms with van der Waals surface area (Å²) in [4.78, 5) is 0. The Kier molecular flexibility index (Phi) is 1.69. The van der Waals surface area contributed by atoms with E-state index >= 15 is 0 Å². The van der Waals surface area contributed by atoms with Crippen LogP contribution < -0.4 is 4.74 Å². The molecule has 14 heavy (non-hydrogen) atoms. The molecule has 1 aliphatic heterocycles. The monoisotopic (exact) mass is 183 g/mol. The van der Waals surface area contributed by atoms with Crippen LogP contribution in [0, 0.1) is 6.42 Å². The SMILES string of the molecule is [CH]1C=CC=C2Cc3ccccc3OC12. The van der Waals surface area contributed by atoms with Gasteiger partial charge in [0.05, 0.1) is 0 Å². The highest BCUT2D eigenvalue weighted by atomic mass is 16.5. The standard InChI is InChI=1S/C13H11O/c1-3-7-12-10(5-1)9-11-6-2-4-8-13(11)14-12/h1-8,12H,9H2. The second kappa shape index (κ2) is 3.02. The van der Waals surface area contributed by atoms with E-state index in [0.29, 0.717) is 0 Å². The fourth-order valence-corrected chi connectivity index (χ4v) is 1.96. The molecule has 0 saturated carbocycles. The zero-order chi connectivity index (χ0) is 9.38. The summed E-state index contributed by atoms with van der Waals surface area (Å²) in [5.41, 5.74) is 2.64. The molecule has 1 unspecified atom stereocenters. The van der Waals surface area contributed by atoms with E-state index in [1.54, 1.807) is 0 Å². The first-order chi connectivity index (χ1) is 6.93. The maximum absolute atomic E-state index is 5.86. The fourth-order valence-electron chi connectivity index (χ4n) is 1.96. The van der Waals surface area contributed by atoms with Gasteiger partial charge in [-0.15, -0.1) is 0 Å². The van der Waals surface area contributed by atoms with Gasteiger partial charge in [0.25, 0.3) is 0 Å². The minimum absolute atomic E-state index is 0.162. The minimum Gasteiger partial charge on any atom is -0.485 e. The molecule has 0 saturated heterocycles. The number of hydrogen-bond donors (Lipinski definition) is 0. The third kappa shape index (κ3) is 1.17. The predicted molar refractivity (Wildman–Crippen MR) is 56.1 cm³/mol. The summed E-state index contributed by atoms with van der Waals surface area (Å²) >= 11 is 0. The molecule has 1 radical (unpaired) electrons. The van der Waals surface area contributed by atoms with Crippen LogP contribution in [0.4, 0.5) is 0 Å². The lowest BCUT2D eigenvalue weighted by Crippen LogP contribution is -2.26. The molecule has 1 aliphatic carbocycles. The summed E-state index contributed by atoms with van der Waals surface area (Å²) < 4.78 is 5.86. The molecule has 69 valence electrons. The first-order valence-electron chi connectivity index (χ1n) is 4.88. The van der Waals surface area contributed by atoms with Gasteiger partial charge in [-0.1, -0.05) is 36.4 Å². The fraction of sp³-hybridized carbons (Fsp3) is 0.154. The molecule has 1 nitrogen and oxygen atoms in total. The van der Waals surface area contributed by atoms with E-state index in [0.717, 1.165) is 12.2 Å². The highest BCUT2D eigenvalue weighted by molar-refractivity contribution is 5.44. The highest BCUT2D eigenvalue weighted by Crippen LogP contribution is 2.32. The van der Waals surface area contributed by atoms with E-state index in [-0.39, 0.29) is 6.10 Å². The lowest BCUT2D eigenvalue weighted by atomic mass is 9.92. The van der Waals surface area contributed by atoms with Gasteiger partial charge in [-0.25, -0.2) is 0 Å². The number of hydrogen-bond acceptors (Lipinski definition) is 1. The van der Waals surface area contributed by atoms with Gasteiger partial charge in [-0.3, -0.25) is 0 Å². The molecule has 3 rings (SSSR count). The molecule has 0 bridgehead atoms. The lowest BCUT2D eigenvalue weighted by molar-refractivity contribution is 0.253. The Bertz CT molecular complexity index is 415. The number of para-hydroxylation sites is 1. The Morgan fingerprint density at radius 2 is 2.07 bits per heavy atom. The summed E-state index contributed by atoms with van der Waals surface area (Å²) in [5, 5.41) is 0. The second-order valence-corrected chi connectivity index (χ2v) is 3.64. The molecule has 0 aromatic heterocycles. The van der Waals surface area contributed by atoms with Gasteiger partial charge in [-0.2, -0.15) is 0 Å². The Hall–Kier alpha value is -1.50. The van der Waals surface area contributed by atoms with E-state index in [9.17, 15) is 0 Å². The molecule has 0 fully saturated rings. The normalized spacial score (nSPS) is 23.1. The molecule has 1 heteroatoms. The minimum atomic E-state index is 0.162. The smallest absolute Gasteiger partial charge is 0.127 e. The number of rotatable bonds is 0. The molecule has 1 aromatic rings. The Morgan fingerprint density at radius 3 is 3.07 bits per heavy atom. The van der Waals surface area contributed by atoms with Crippen LogP contribution in [0.15, 0.2) is 48.1 Å². The number of fused-ring (bicyclic) bond motifs is 2. The van der Waals surface area contributed by atoms with Crippen LogP contribution in [-0.2, 0) is 6.42 Å². The van der Waals surface area contributed by atoms with Crippen molar-refractivity contribution in [3.63, 3.8) is 0 Å². The first kappa shape index (κ1) is 7.86. The Morgan fingerprint density at radius 1 is 1.14 bits per heavy atom. The summed E-state index contributed by atoms with van der Waals surface area (Å²) in [6, 6.07) is 8.25. The average molecular weight is 183 g/mol. The third-order valence-electron chi connectivity index (χ3n) is 2.69. The van der Waals surface area contributed by atoms with Crippen molar-refractivity contribution in [1.82, 2.24) is 0 Å². The van der Waals surface area contributed by atoms with Gasteiger partial charge in [0, 0.05) is 12.8 Å². The van der Waals surface area contributed by atoms with E-state index in [1.165, 1.54) is 11.1 Å².